The van der Waals surface area contributed by atoms with Crippen molar-refractivity contribution in [1.29, 1.82) is 0 Å². The molecule has 4 rings (SSSR count). The third-order valence-corrected chi connectivity index (χ3v) is 8.95. The van der Waals surface area contributed by atoms with Crippen LogP contribution in [-0.2, 0) is 20.6 Å². The topological polar surface area (TPSA) is 66.5 Å². The van der Waals surface area contributed by atoms with Crippen molar-refractivity contribution in [2.75, 3.05) is 0 Å². The minimum absolute atomic E-state index is 0.232. The number of halogens is 2. The Morgan fingerprint density at radius 3 is 2.31 bits per heavy atom. The minimum Gasteiger partial charge on any atom is -0.343 e. The van der Waals surface area contributed by atoms with Gasteiger partial charge in [0.1, 0.15) is 17.3 Å². The van der Waals surface area contributed by atoms with E-state index in [0.29, 0.717) is 28.3 Å². The summed E-state index contributed by atoms with van der Waals surface area (Å²) in [6.07, 6.45) is 4.93. The Kier molecular flexibility index (Phi) is 13.2. The van der Waals surface area contributed by atoms with Gasteiger partial charge in [0, 0.05) is 15.1 Å². The lowest BCUT2D eigenvalue weighted by Gasteiger charge is -2.41. The summed E-state index contributed by atoms with van der Waals surface area (Å²) in [5.74, 6) is -0.118. The third-order valence-electron chi connectivity index (χ3n) is 6.70. The SMILES string of the molecule is CCC.Cc1ccc(S(=O)N2C(c3cccc(Br)c3)CC=C(C(=O)NC(C=O)CC(C)C)C2c2cccc(Cl)c2)cc1. The molecule has 224 valence electrons. The average molecular weight is 672 g/mol. The molecule has 4 unspecified atom stereocenters. The van der Waals surface area contributed by atoms with Crippen LogP contribution < -0.4 is 5.32 Å². The number of amides is 1. The summed E-state index contributed by atoms with van der Waals surface area (Å²) < 4.78 is 17.2. The van der Waals surface area contributed by atoms with Gasteiger partial charge in [-0.25, -0.2) is 8.51 Å². The highest BCUT2D eigenvalue weighted by Gasteiger charge is 2.41. The van der Waals surface area contributed by atoms with Crippen LogP contribution in [0.2, 0.25) is 5.02 Å². The van der Waals surface area contributed by atoms with Gasteiger partial charge >= 0.3 is 0 Å². The Hall–Kier alpha value is -2.58. The fourth-order valence-electron chi connectivity index (χ4n) is 4.88. The van der Waals surface area contributed by atoms with Crippen molar-refractivity contribution < 1.29 is 13.8 Å². The van der Waals surface area contributed by atoms with E-state index >= 15 is 0 Å². The average Bonchev–Trinajstić information content (AvgIpc) is 2.96. The third kappa shape index (κ3) is 8.96. The first kappa shape index (κ1) is 33.9. The number of aldehydes is 1. The van der Waals surface area contributed by atoms with Crippen LogP contribution in [0.15, 0.2) is 93.8 Å². The fourth-order valence-corrected chi connectivity index (χ4v) is 6.98. The van der Waals surface area contributed by atoms with Gasteiger partial charge in [0.15, 0.2) is 0 Å². The molecule has 1 heterocycles. The fraction of sp³-hybridized carbons (Fsp3) is 0.353. The highest BCUT2D eigenvalue weighted by atomic mass is 79.9. The van der Waals surface area contributed by atoms with E-state index in [0.717, 1.165) is 27.4 Å². The van der Waals surface area contributed by atoms with E-state index in [4.69, 9.17) is 11.6 Å². The predicted octanol–water partition coefficient (Wildman–Crippen LogP) is 8.69. The Labute approximate surface area is 266 Å². The maximum absolute atomic E-state index is 14.4. The number of carbonyl (C=O) groups excluding carboxylic acids is 2. The molecular formula is C34H40BrClN2O3S. The summed E-state index contributed by atoms with van der Waals surface area (Å²) in [5.41, 5.74) is 3.22. The molecule has 1 aliphatic rings. The van der Waals surface area contributed by atoms with Crippen molar-refractivity contribution in [3.8, 4) is 0 Å². The molecule has 5 nitrogen and oxygen atoms in total. The largest absolute Gasteiger partial charge is 0.343 e. The maximum atomic E-state index is 14.4. The van der Waals surface area contributed by atoms with Crippen molar-refractivity contribution in [2.45, 2.75) is 76.9 Å². The van der Waals surface area contributed by atoms with Crippen LogP contribution in [-0.4, -0.2) is 26.7 Å². The molecular weight excluding hydrogens is 632 g/mol. The molecule has 0 spiro atoms. The van der Waals surface area contributed by atoms with Crippen LogP contribution in [0.1, 0.15) is 75.7 Å². The van der Waals surface area contributed by atoms with E-state index in [1.54, 1.807) is 12.1 Å². The number of hydrogen-bond donors (Lipinski definition) is 1. The first-order valence-corrected chi connectivity index (χ1v) is 16.6. The Bertz CT molecular complexity index is 1410. The Morgan fingerprint density at radius 1 is 1.07 bits per heavy atom. The molecule has 3 aromatic carbocycles. The van der Waals surface area contributed by atoms with Gasteiger partial charge in [-0.1, -0.05) is 110 Å². The smallest absolute Gasteiger partial charge is 0.249 e. The van der Waals surface area contributed by atoms with Crippen LogP contribution in [0.3, 0.4) is 0 Å². The molecule has 1 amide bonds. The number of aryl methyl sites for hydroxylation is 1. The van der Waals surface area contributed by atoms with Crippen LogP contribution >= 0.6 is 27.5 Å². The van der Waals surface area contributed by atoms with Gasteiger partial charge in [0.2, 0.25) is 5.91 Å². The van der Waals surface area contributed by atoms with Crippen LogP contribution in [0, 0.1) is 12.8 Å². The van der Waals surface area contributed by atoms with Gasteiger partial charge in [-0.3, -0.25) is 4.79 Å². The molecule has 0 aliphatic carbocycles. The summed E-state index contributed by atoms with van der Waals surface area (Å²) in [5, 5.41) is 3.43. The predicted molar refractivity (Wildman–Crippen MR) is 177 cm³/mol. The van der Waals surface area contributed by atoms with E-state index in [2.05, 4.69) is 35.1 Å². The molecule has 8 heteroatoms. The normalized spacial score (nSPS) is 18.3. The van der Waals surface area contributed by atoms with Crippen molar-refractivity contribution in [3.63, 3.8) is 0 Å². The van der Waals surface area contributed by atoms with Crippen molar-refractivity contribution in [1.82, 2.24) is 9.62 Å². The molecule has 42 heavy (non-hydrogen) atoms. The molecule has 4 atom stereocenters. The lowest BCUT2D eigenvalue weighted by molar-refractivity contribution is -0.121. The molecule has 0 radical (unpaired) electrons. The first-order valence-electron chi connectivity index (χ1n) is 14.3. The minimum atomic E-state index is -1.63. The second-order valence-electron chi connectivity index (χ2n) is 10.9. The first-order chi connectivity index (χ1) is 20.1. The lowest BCUT2D eigenvalue weighted by atomic mass is 9.88. The highest BCUT2D eigenvalue weighted by molar-refractivity contribution is 9.10. The Balaban J connectivity index is 0.00000155. The zero-order valence-corrected chi connectivity index (χ0v) is 28.0. The quantitative estimate of drug-likeness (QED) is 0.232. The van der Waals surface area contributed by atoms with Crippen LogP contribution in [0.25, 0.3) is 0 Å². The van der Waals surface area contributed by atoms with E-state index in [1.165, 1.54) is 6.42 Å². The molecule has 3 aromatic rings. The van der Waals surface area contributed by atoms with Crippen molar-refractivity contribution in [2.24, 2.45) is 5.92 Å². The van der Waals surface area contributed by atoms with E-state index in [9.17, 15) is 13.8 Å². The van der Waals surface area contributed by atoms with E-state index < -0.39 is 23.1 Å². The van der Waals surface area contributed by atoms with Gasteiger partial charge in [0.25, 0.3) is 0 Å². The molecule has 0 aromatic heterocycles. The number of nitrogens with one attached hydrogen (secondary N) is 1. The van der Waals surface area contributed by atoms with Gasteiger partial charge in [0.05, 0.1) is 23.0 Å². The zero-order chi connectivity index (χ0) is 30.8. The van der Waals surface area contributed by atoms with Gasteiger partial charge in [-0.15, -0.1) is 0 Å². The summed E-state index contributed by atoms with van der Waals surface area (Å²) in [4.78, 5) is 26.2. The van der Waals surface area contributed by atoms with Crippen LogP contribution in [0.5, 0.6) is 0 Å². The number of nitrogens with zero attached hydrogens (tertiary/aromatic N) is 1. The Morgan fingerprint density at radius 2 is 1.71 bits per heavy atom. The number of benzene rings is 3. The number of carbonyl (C=O) groups is 2. The van der Waals surface area contributed by atoms with Gasteiger partial charge in [-0.2, -0.15) is 0 Å². The summed E-state index contributed by atoms with van der Waals surface area (Å²) in [7, 11) is -1.63. The van der Waals surface area contributed by atoms with Gasteiger partial charge in [-0.05, 0) is 73.2 Å². The standard InChI is InChI=1S/C31H32BrClN2O3S.C3H8/c1-20(2)16-26(19-36)34-31(37)28-14-15-29(22-6-4-8-24(32)17-22)35(30(28)23-7-5-9-25(33)18-23)39(38)27-12-10-21(3)11-13-27;1-3-2/h4-14,17-20,26,29-30H,15-16H2,1-3H3,(H,34,37);3H2,1-2H3. The zero-order valence-electron chi connectivity index (χ0n) is 24.8. The van der Waals surface area contributed by atoms with Gasteiger partial charge < -0.3 is 10.1 Å². The molecule has 1 N–H and O–H groups in total. The van der Waals surface area contributed by atoms with E-state index in [-0.39, 0.29) is 17.9 Å². The second-order valence-corrected chi connectivity index (χ2v) is 13.6. The van der Waals surface area contributed by atoms with Crippen LogP contribution in [0.4, 0.5) is 0 Å². The second kappa shape index (κ2) is 16.3. The summed E-state index contributed by atoms with van der Waals surface area (Å²) in [6, 6.07) is 21.2. The molecule has 0 saturated carbocycles. The lowest BCUT2D eigenvalue weighted by Crippen LogP contribution is -2.44. The maximum Gasteiger partial charge on any atom is 0.249 e. The monoisotopic (exact) mass is 670 g/mol. The number of hydrogen-bond acceptors (Lipinski definition) is 3. The highest BCUT2D eigenvalue weighted by Crippen LogP contribution is 2.45. The summed E-state index contributed by atoms with van der Waals surface area (Å²) in [6.45, 7) is 10.2. The van der Waals surface area contributed by atoms with Crippen molar-refractivity contribution in [3.05, 3.63) is 111 Å². The van der Waals surface area contributed by atoms with E-state index in [1.807, 2.05) is 91.8 Å². The molecule has 0 fully saturated rings. The number of rotatable bonds is 9. The molecule has 1 aliphatic heterocycles. The molecule has 0 bridgehead atoms. The van der Waals surface area contributed by atoms with Crippen molar-refractivity contribution >= 4 is 50.7 Å². The molecule has 0 saturated heterocycles. The summed E-state index contributed by atoms with van der Waals surface area (Å²) >= 11 is 10.00.